The van der Waals surface area contributed by atoms with Crippen molar-refractivity contribution >= 4 is 5.69 Å². The predicted octanol–water partition coefficient (Wildman–Crippen LogP) is 17.1. The van der Waals surface area contributed by atoms with Crippen LogP contribution in [0.1, 0.15) is 213 Å². The van der Waals surface area contributed by atoms with E-state index in [1.807, 2.05) is 44.9 Å². The Labute approximate surface area is 544 Å². The normalized spacial score (nSPS) is 44.9. The van der Waals surface area contributed by atoms with Crippen LogP contribution in [0.15, 0.2) is 79.7 Å². The van der Waals surface area contributed by atoms with E-state index >= 15 is 0 Å². The van der Waals surface area contributed by atoms with E-state index in [-0.39, 0.29) is 5.60 Å². The van der Waals surface area contributed by atoms with Crippen molar-refractivity contribution in [1.29, 1.82) is 5.26 Å². The molecule has 496 valence electrons. The fourth-order valence-electron chi connectivity index (χ4n) is 25.8. The van der Waals surface area contributed by atoms with E-state index in [1.54, 1.807) is 12.4 Å². The summed E-state index contributed by atoms with van der Waals surface area (Å²) in [5, 5.41) is 54.2. The van der Waals surface area contributed by atoms with Crippen LogP contribution in [-0.2, 0) is 19.6 Å². The summed E-state index contributed by atoms with van der Waals surface area (Å²) in [4.78, 5) is 3.47. The maximum absolute atomic E-state index is 13.4. The Bertz CT molecular complexity index is 3030. The lowest BCUT2D eigenvalue weighted by Crippen LogP contribution is -2.51. The summed E-state index contributed by atoms with van der Waals surface area (Å²) in [6.07, 6.45) is 43.0. The van der Waals surface area contributed by atoms with E-state index in [4.69, 9.17) is 11.8 Å². The van der Waals surface area contributed by atoms with Crippen molar-refractivity contribution in [2.24, 2.45) is 123 Å². The molecule has 0 unspecified atom stereocenters. The molecular weight excluding hydrogens is 1130 g/mol. The van der Waals surface area contributed by atoms with Gasteiger partial charge in [-0.3, -0.25) is 14.0 Å². The molecule has 15 rings (SSSR count). The second-order valence-corrected chi connectivity index (χ2v) is 34.1. The summed E-state index contributed by atoms with van der Waals surface area (Å²) in [6, 6.07) is 4.17. The lowest BCUT2D eigenvalue weighted by molar-refractivity contribution is -0.110. The quantitative estimate of drug-likeness (QED) is 0.121. The molecule has 12 aliphatic carbocycles. The molecule has 0 amide bonds. The zero-order valence-corrected chi connectivity index (χ0v) is 56.1. The van der Waals surface area contributed by atoms with Crippen LogP contribution in [0.25, 0.3) is 4.85 Å². The topological polar surface area (TPSA) is 142 Å². The molecule has 0 bridgehead atoms. The summed E-state index contributed by atoms with van der Waals surface area (Å²) in [7, 11) is 0. The highest BCUT2D eigenvalue weighted by Gasteiger charge is 2.62. The van der Waals surface area contributed by atoms with Crippen molar-refractivity contribution in [3.8, 4) is 6.07 Å². The van der Waals surface area contributed by atoms with Crippen LogP contribution in [0.2, 0.25) is 0 Å². The van der Waals surface area contributed by atoms with Crippen molar-refractivity contribution in [3.63, 3.8) is 0 Å². The number of aliphatic hydroxyl groups is 3. The van der Waals surface area contributed by atoms with E-state index in [0.29, 0.717) is 95.2 Å². The molecule has 0 radical (unpaired) electrons. The summed E-state index contributed by atoms with van der Waals surface area (Å²) >= 11 is 0. The Kier molecular flexibility index (Phi) is 18.4. The van der Waals surface area contributed by atoms with Crippen LogP contribution in [0.5, 0.6) is 0 Å². The number of rotatable bonds is 12. The third-order valence-electron chi connectivity index (χ3n) is 30.1. The van der Waals surface area contributed by atoms with Gasteiger partial charge in [0.25, 0.3) is 0 Å². The van der Waals surface area contributed by atoms with E-state index < -0.39 is 24.6 Å². The second kappa shape index (κ2) is 25.6. The molecule has 13 heteroatoms. The SMILES string of the molecule is C=C(Cn1cc(C#N)cn1)[C@H]1CC[C@H]2[C@@H]3CC[C@@H]4C[C@@](O)(CC)CC[C@@H]4[C@H]3CC[C@]12C.C=C(Cn1cccn1)[C@H]1CC[C@H]2[C@@H]3CC[C@@H]4C[C@@](O)(CF)CC[C@@H]4[C@H]3CC[C@]12C.[C-]#[N+]c1cnn(CC(=C)[C@H]2CC[C@H]3[C@@H]4CC[C@@H]5C[C@@](O)(CF)CC[C@@H]5[C@H]4CC[C@]23C)c1. The molecule has 91 heavy (non-hydrogen) atoms. The van der Waals surface area contributed by atoms with Crippen LogP contribution < -0.4 is 0 Å². The molecule has 12 aliphatic rings. The standard InChI is InChI=1S/C27H39N3O.C26H36FN3O.C25H37FN2O/c1-4-27(31)12-10-21-20(13-27)5-6-23-22(21)9-11-26(3)24(7-8-25(23)26)18(2)16-30-17-19(14-28)15-29-30;1-17(14-30-15-19(28-3)13-29-30)23-6-7-24-22-5-4-18-12-26(31,16-27)11-9-20(18)21(22)8-10-25(23,24)2;1-17(15-28-13-3-12-27-28)22-6-7-23-21-5-4-18-14-25(29,16-26)11-9-19(18)20(21)8-10-24(22,23)2/h15,17,20-25,31H,2,4-13,16H2,1,3H3;13,15,18,20-24,31H,1,4-12,14,16H2,2H3;3,12-13,18-23,29H,1,4-11,14-16H2,2H3/t20-,21+,22-,23-,24-,25+,26-,27-;18-,20+,21-,22-,23-,24+,25-,26-;18-,19+,20-,21-,22-,23+,24-,25-/m111/s1. The molecule has 12 fully saturated rings. The number of allylic oxidation sites excluding steroid dienone is 3. The van der Waals surface area contributed by atoms with Crippen molar-refractivity contribution in [3.05, 3.63) is 96.7 Å². The van der Waals surface area contributed by atoms with E-state index in [9.17, 15) is 24.1 Å². The van der Waals surface area contributed by atoms with Gasteiger partial charge in [0.2, 0.25) is 5.69 Å². The number of hydrogen-bond donors (Lipinski definition) is 3. The first-order valence-corrected chi connectivity index (χ1v) is 36.8. The number of aromatic nitrogens is 6. The molecule has 0 aromatic carbocycles. The Balaban J connectivity index is 0.000000125. The van der Waals surface area contributed by atoms with Crippen LogP contribution in [0, 0.1) is 141 Å². The summed E-state index contributed by atoms with van der Waals surface area (Å²) in [5.41, 5.74) is 3.75. The zero-order chi connectivity index (χ0) is 63.8. The van der Waals surface area contributed by atoms with E-state index in [0.717, 1.165) is 116 Å². The molecule has 12 saturated carbocycles. The van der Waals surface area contributed by atoms with Gasteiger partial charge in [-0.15, -0.1) is 0 Å². The minimum absolute atomic E-state index is 0.315. The van der Waals surface area contributed by atoms with Crippen LogP contribution in [0.4, 0.5) is 14.5 Å². The third-order valence-corrected chi connectivity index (χ3v) is 30.1. The van der Waals surface area contributed by atoms with Gasteiger partial charge in [-0.05, 0) is 309 Å². The summed E-state index contributed by atoms with van der Waals surface area (Å²) < 4.78 is 32.6. The van der Waals surface area contributed by atoms with Gasteiger partial charge in [0.1, 0.15) is 19.4 Å². The van der Waals surface area contributed by atoms with Crippen LogP contribution in [0.3, 0.4) is 0 Å². The largest absolute Gasteiger partial charge is 0.390 e. The molecule has 3 aromatic heterocycles. The molecule has 0 spiro atoms. The number of hydrogen-bond acceptors (Lipinski definition) is 7. The summed E-state index contributed by atoms with van der Waals surface area (Å²) in [5.74, 6) is 13.1. The highest BCUT2D eigenvalue weighted by Crippen LogP contribution is 2.69. The van der Waals surface area contributed by atoms with Gasteiger partial charge in [-0.2, -0.15) is 20.6 Å². The highest BCUT2D eigenvalue weighted by molar-refractivity contribution is 5.39. The van der Waals surface area contributed by atoms with Crippen molar-refractivity contribution in [2.45, 2.75) is 244 Å². The van der Waals surface area contributed by atoms with Crippen molar-refractivity contribution in [1.82, 2.24) is 29.3 Å². The highest BCUT2D eigenvalue weighted by atomic mass is 19.1. The minimum Gasteiger partial charge on any atom is -0.390 e. The molecule has 11 nitrogen and oxygen atoms in total. The molecule has 3 aromatic rings. The molecular formula is C78H112F2N8O3. The lowest BCUT2D eigenvalue weighted by atomic mass is 9.48. The predicted molar refractivity (Wildman–Crippen MR) is 354 cm³/mol. The minimum atomic E-state index is -1.05. The van der Waals surface area contributed by atoms with Crippen LogP contribution >= 0.6 is 0 Å². The molecule has 3 heterocycles. The maximum atomic E-state index is 13.4. The first-order chi connectivity index (χ1) is 43.7. The number of nitrogens with zero attached hydrogens (tertiary/aromatic N) is 8. The first-order valence-electron chi connectivity index (χ1n) is 36.8. The Hall–Kier alpha value is -4.43. The number of fused-ring (bicyclic) bond motifs is 15. The monoisotopic (exact) mass is 1250 g/mol. The van der Waals surface area contributed by atoms with Gasteiger partial charge >= 0.3 is 0 Å². The van der Waals surface area contributed by atoms with Gasteiger partial charge in [0.05, 0.1) is 61.0 Å². The smallest absolute Gasteiger partial charge is 0.224 e. The maximum Gasteiger partial charge on any atom is 0.224 e. The Morgan fingerprint density at radius 1 is 0.527 bits per heavy atom. The van der Waals surface area contributed by atoms with Crippen molar-refractivity contribution in [2.75, 3.05) is 13.3 Å². The van der Waals surface area contributed by atoms with Crippen LogP contribution in [-0.4, -0.2) is 74.8 Å². The molecule has 0 saturated heterocycles. The third kappa shape index (κ3) is 12.1. The van der Waals surface area contributed by atoms with Gasteiger partial charge < -0.3 is 15.3 Å². The van der Waals surface area contributed by atoms with Gasteiger partial charge in [0.15, 0.2) is 0 Å². The second-order valence-electron chi connectivity index (χ2n) is 34.1. The summed E-state index contributed by atoms with van der Waals surface area (Å²) in [6.45, 7) is 31.6. The number of nitriles is 1. The van der Waals surface area contributed by atoms with Gasteiger partial charge in [-0.25, -0.2) is 13.6 Å². The zero-order valence-electron chi connectivity index (χ0n) is 56.1. The average molecular weight is 1250 g/mol. The van der Waals surface area contributed by atoms with Crippen molar-refractivity contribution < 1.29 is 24.1 Å². The van der Waals surface area contributed by atoms with E-state index in [1.165, 1.54) is 139 Å². The molecule has 0 aliphatic heterocycles. The van der Waals surface area contributed by atoms with Gasteiger partial charge in [-0.1, -0.05) is 64.2 Å². The fourth-order valence-corrected chi connectivity index (χ4v) is 25.8. The fraction of sp³-hybridized carbons (Fsp3) is 0.782. The molecule has 3 N–H and O–H groups in total. The number of alkyl halides is 2. The Morgan fingerprint density at radius 3 is 1.30 bits per heavy atom. The number of halogens is 2. The first kappa shape index (κ1) is 65.2. The lowest BCUT2D eigenvalue weighted by Gasteiger charge is -2.57. The van der Waals surface area contributed by atoms with E-state index in [2.05, 4.69) is 73.6 Å². The Morgan fingerprint density at radius 2 is 0.923 bits per heavy atom. The average Bonchev–Trinajstić information content (AvgIpc) is 1.69. The molecule has 24 atom stereocenters. The van der Waals surface area contributed by atoms with Gasteiger partial charge in [0, 0.05) is 24.8 Å².